The van der Waals surface area contributed by atoms with Crippen molar-refractivity contribution in [2.24, 2.45) is 0 Å². The van der Waals surface area contributed by atoms with E-state index >= 15 is 0 Å². The van der Waals surface area contributed by atoms with Gasteiger partial charge in [0.15, 0.2) is 0 Å². The van der Waals surface area contributed by atoms with Gasteiger partial charge < -0.3 is 9.67 Å². The zero-order chi connectivity index (χ0) is 12.4. The maximum Gasteiger partial charge on any atom is 0.337 e. The molecular weight excluding hydrogens is 214 g/mol. The first kappa shape index (κ1) is 11.5. The van der Waals surface area contributed by atoms with Crippen molar-refractivity contribution in [2.75, 3.05) is 0 Å². The summed E-state index contributed by atoms with van der Waals surface area (Å²) in [5, 5.41) is 9.21. The van der Waals surface area contributed by atoms with Crippen molar-refractivity contribution < 1.29 is 9.90 Å². The first-order valence-corrected chi connectivity index (χ1v) is 5.61. The van der Waals surface area contributed by atoms with Crippen LogP contribution in [0.1, 0.15) is 30.2 Å². The highest BCUT2D eigenvalue weighted by atomic mass is 16.4. The number of nitrogens with zero attached hydrogens (tertiary/aromatic N) is 1. The number of carbonyl (C=O) groups is 1. The van der Waals surface area contributed by atoms with Crippen molar-refractivity contribution in [1.29, 1.82) is 0 Å². The Bertz CT molecular complexity index is 526. The van der Waals surface area contributed by atoms with Gasteiger partial charge in [0.05, 0.1) is 11.3 Å². The lowest BCUT2D eigenvalue weighted by Gasteiger charge is -2.14. The molecule has 3 heteroatoms. The van der Waals surface area contributed by atoms with Crippen LogP contribution >= 0.6 is 0 Å². The number of aromatic nitrogens is 1. The van der Waals surface area contributed by atoms with Crippen LogP contribution in [0.4, 0.5) is 0 Å². The quantitative estimate of drug-likeness (QED) is 0.876. The number of rotatable bonds is 3. The average Bonchev–Trinajstić information content (AvgIpc) is 2.74. The summed E-state index contributed by atoms with van der Waals surface area (Å²) in [6.45, 7) is 4.08. The molecule has 3 nitrogen and oxygen atoms in total. The molecular formula is C14H15NO2. The topological polar surface area (TPSA) is 42.2 Å². The van der Waals surface area contributed by atoms with Gasteiger partial charge in [-0.3, -0.25) is 0 Å². The molecule has 17 heavy (non-hydrogen) atoms. The number of aromatic carboxylic acids is 1. The lowest BCUT2D eigenvalue weighted by atomic mass is 10.1. The van der Waals surface area contributed by atoms with Crippen molar-refractivity contribution in [1.82, 2.24) is 4.57 Å². The third kappa shape index (κ3) is 2.09. The van der Waals surface area contributed by atoms with E-state index in [9.17, 15) is 9.90 Å². The number of hydrogen-bond acceptors (Lipinski definition) is 1. The van der Waals surface area contributed by atoms with Gasteiger partial charge in [0, 0.05) is 12.2 Å². The van der Waals surface area contributed by atoms with E-state index < -0.39 is 5.97 Å². The molecule has 1 heterocycles. The van der Waals surface area contributed by atoms with Crippen LogP contribution in [0.25, 0.3) is 11.3 Å². The van der Waals surface area contributed by atoms with Crippen LogP contribution in [-0.4, -0.2) is 15.6 Å². The van der Waals surface area contributed by atoms with Gasteiger partial charge in [0.2, 0.25) is 0 Å². The lowest BCUT2D eigenvalue weighted by Crippen LogP contribution is -2.05. The molecule has 2 aromatic rings. The second-order valence-corrected chi connectivity index (χ2v) is 4.25. The first-order chi connectivity index (χ1) is 8.11. The van der Waals surface area contributed by atoms with E-state index in [2.05, 4.69) is 0 Å². The van der Waals surface area contributed by atoms with Crippen LogP contribution in [0.2, 0.25) is 0 Å². The zero-order valence-corrected chi connectivity index (χ0v) is 9.92. The average molecular weight is 229 g/mol. The predicted octanol–water partition coefficient (Wildman–Crippen LogP) is 3.43. The third-order valence-electron chi connectivity index (χ3n) is 2.75. The van der Waals surface area contributed by atoms with Gasteiger partial charge >= 0.3 is 5.97 Å². The van der Waals surface area contributed by atoms with Crippen molar-refractivity contribution >= 4 is 5.97 Å². The molecule has 0 aliphatic carbocycles. The first-order valence-electron chi connectivity index (χ1n) is 5.61. The smallest absolute Gasteiger partial charge is 0.337 e. The highest BCUT2D eigenvalue weighted by Gasteiger charge is 2.17. The van der Waals surface area contributed by atoms with E-state index in [0.29, 0.717) is 5.56 Å². The van der Waals surface area contributed by atoms with Gasteiger partial charge in [-0.15, -0.1) is 0 Å². The summed E-state index contributed by atoms with van der Waals surface area (Å²) in [6.07, 6.45) is 1.83. The molecule has 88 valence electrons. The maximum atomic E-state index is 11.2. The normalized spacial score (nSPS) is 10.8. The van der Waals surface area contributed by atoms with Crippen LogP contribution in [-0.2, 0) is 0 Å². The number of benzene rings is 1. The van der Waals surface area contributed by atoms with Gasteiger partial charge in [-0.1, -0.05) is 30.3 Å². The molecule has 0 fully saturated rings. The molecule has 0 aliphatic rings. The lowest BCUT2D eigenvalue weighted by molar-refractivity contribution is 0.0698. The molecule has 1 aromatic carbocycles. The second-order valence-electron chi connectivity index (χ2n) is 4.25. The van der Waals surface area contributed by atoms with E-state index in [-0.39, 0.29) is 6.04 Å². The van der Waals surface area contributed by atoms with Gasteiger partial charge in [0.1, 0.15) is 0 Å². The standard InChI is InChI=1S/C14H15NO2/c1-10(2)15-9-8-12(14(16)17)13(15)11-6-4-3-5-7-11/h3-10H,1-2H3,(H,16,17). The Morgan fingerprint density at radius 1 is 1.18 bits per heavy atom. The second kappa shape index (κ2) is 4.45. The molecule has 1 N–H and O–H groups in total. The van der Waals surface area contributed by atoms with Crippen LogP contribution in [0.15, 0.2) is 42.6 Å². The fourth-order valence-corrected chi connectivity index (χ4v) is 1.95. The van der Waals surface area contributed by atoms with Crippen LogP contribution in [0.3, 0.4) is 0 Å². The summed E-state index contributed by atoms with van der Waals surface area (Å²) in [7, 11) is 0. The molecule has 0 saturated heterocycles. The molecule has 1 aromatic heterocycles. The molecule has 2 rings (SSSR count). The van der Waals surface area contributed by atoms with Gasteiger partial charge in [-0.25, -0.2) is 4.79 Å². The van der Waals surface area contributed by atoms with Gasteiger partial charge in [-0.05, 0) is 25.5 Å². The van der Waals surface area contributed by atoms with Crippen molar-refractivity contribution in [2.45, 2.75) is 19.9 Å². The van der Waals surface area contributed by atoms with E-state index in [1.54, 1.807) is 6.07 Å². The number of carboxylic acid groups (broad SMARTS) is 1. The van der Waals surface area contributed by atoms with Crippen molar-refractivity contribution in [3.8, 4) is 11.3 Å². The Hall–Kier alpha value is -2.03. The Balaban J connectivity index is 2.65. The predicted molar refractivity (Wildman–Crippen MR) is 67.2 cm³/mol. The SMILES string of the molecule is CC(C)n1ccc(C(=O)O)c1-c1ccccc1. The minimum atomic E-state index is -0.886. The Morgan fingerprint density at radius 3 is 2.35 bits per heavy atom. The fourth-order valence-electron chi connectivity index (χ4n) is 1.95. The van der Waals surface area contributed by atoms with Crippen molar-refractivity contribution in [3.05, 3.63) is 48.2 Å². The molecule has 0 amide bonds. The molecule has 0 bridgehead atoms. The fraction of sp³-hybridized carbons (Fsp3) is 0.214. The monoisotopic (exact) mass is 229 g/mol. The zero-order valence-electron chi connectivity index (χ0n) is 9.92. The summed E-state index contributed by atoms with van der Waals surface area (Å²) < 4.78 is 1.98. The molecule has 0 radical (unpaired) electrons. The Labute approximate surface area is 100 Å². The van der Waals surface area contributed by atoms with E-state index in [0.717, 1.165) is 11.3 Å². The molecule has 0 saturated carbocycles. The molecule has 0 atom stereocenters. The maximum absolute atomic E-state index is 11.2. The van der Waals surface area contributed by atoms with Gasteiger partial charge in [0.25, 0.3) is 0 Å². The minimum Gasteiger partial charge on any atom is -0.478 e. The molecule has 0 unspecified atom stereocenters. The third-order valence-corrected chi connectivity index (χ3v) is 2.75. The van der Waals surface area contributed by atoms with E-state index in [1.807, 2.05) is 54.9 Å². The highest BCUT2D eigenvalue weighted by molar-refractivity contribution is 5.95. The summed E-state index contributed by atoms with van der Waals surface area (Å²) in [4.78, 5) is 11.2. The number of hydrogen-bond donors (Lipinski definition) is 1. The summed E-state index contributed by atoms with van der Waals surface area (Å²) in [6, 6.07) is 11.5. The number of carboxylic acids is 1. The summed E-state index contributed by atoms with van der Waals surface area (Å²) in [5.41, 5.74) is 2.06. The largest absolute Gasteiger partial charge is 0.478 e. The molecule has 0 spiro atoms. The van der Waals surface area contributed by atoms with Crippen molar-refractivity contribution in [3.63, 3.8) is 0 Å². The Kier molecular flexibility index (Phi) is 3.00. The van der Waals surface area contributed by atoms with Crippen LogP contribution in [0, 0.1) is 0 Å². The van der Waals surface area contributed by atoms with E-state index in [4.69, 9.17) is 0 Å². The van der Waals surface area contributed by atoms with Crippen LogP contribution in [0.5, 0.6) is 0 Å². The summed E-state index contributed by atoms with van der Waals surface area (Å²) in [5.74, 6) is -0.886. The molecule has 0 aliphatic heterocycles. The highest BCUT2D eigenvalue weighted by Crippen LogP contribution is 2.27. The van der Waals surface area contributed by atoms with E-state index in [1.165, 1.54) is 0 Å². The minimum absolute atomic E-state index is 0.235. The van der Waals surface area contributed by atoms with Gasteiger partial charge in [-0.2, -0.15) is 0 Å². The van der Waals surface area contributed by atoms with Crippen LogP contribution < -0.4 is 0 Å². The Morgan fingerprint density at radius 2 is 1.82 bits per heavy atom. The summed E-state index contributed by atoms with van der Waals surface area (Å²) >= 11 is 0.